The van der Waals surface area contributed by atoms with Gasteiger partial charge in [-0.05, 0) is 37.8 Å². The van der Waals surface area contributed by atoms with Gasteiger partial charge in [0.05, 0.1) is 11.2 Å². The summed E-state index contributed by atoms with van der Waals surface area (Å²) in [5, 5.41) is 2.12. The summed E-state index contributed by atoms with van der Waals surface area (Å²) in [6, 6.07) is 1.84. The van der Waals surface area contributed by atoms with Crippen LogP contribution in [0, 0.1) is 5.92 Å². The van der Waals surface area contributed by atoms with E-state index in [4.69, 9.17) is 0 Å². The van der Waals surface area contributed by atoms with Gasteiger partial charge in [0.25, 0.3) is 5.91 Å². The lowest BCUT2D eigenvalue weighted by molar-refractivity contribution is 0.0821. The van der Waals surface area contributed by atoms with Gasteiger partial charge < -0.3 is 4.90 Å². The molecule has 6 nitrogen and oxygen atoms in total. The van der Waals surface area contributed by atoms with Crippen LogP contribution in [-0.4, -0.2) is 57.8 Å². The second-order valence-corrected chi connectivity index (χ2v) is 7.24. The second kappa shape index (κ2) is 7.81. The summed E-state index contributed by atoms with van der Waals surface area (Å²) in [5.41, 5.74) is 4.47. The number of likely N-dealkylation sites (tertiary alicyclic amines) is 1. The van der Waals surface area contributed by atoms with Crippen molar-refractivity contribution in [2.45, 2.75) is 25.8 Å². The van der Waals surface area contributed by atoms with E-state index in [1.54, 1.807) is 30.3 Å². The van der Waals surface area contributed by atoms with E-state index in [1.165, 1.54) is 19.2 Å². The van der Waals surface area contributed by atoms with E-state index in [-0.39, 0.29) is 5.91 Å². The second-order valence-electron chi connectivity index (χ2n) is 6.52. The highest BCUT2D eigenvalue weighted by Crippen LogP contribution is 2.22. The zero-order valence-corrected chi connectivity index (χ0v) is 15.0. The van der Waals surface area contributed by atoms with Crippen molar-refractivity contribution < 1.29 is 4.79 Å². The Morgan fingerprint density at radius 3 is 2.96 bits per heavy atom. The van der Waals surface area contributed by atoms with Crippen LogP contribution in [0.15, 0.2) is 23.3 Å². The fourth-order valence-electron chi connectivity index (χ4n) is 3.16. The summed E-state index contributed by atoms with van der Waals surface area (Å²) >= 11 is 1.65. The molecule has 0 N–H and O–H groups in total. The predicted octanol–water partition coefficient (Wildman–Crippen LogP) is 2.09. The molecule has 0 bridgehead atoms. The minimum atomic E-state index is -0.0764. The van der Waals surface area contributed by atoms with E-state index in [1.807, 2.05) is 11.6 Å². The number of amides is 1. The van der Waals surface area contributed by atoms with Crippen molar-refractivity contribution in [3.8, 4) is 0 Å². The van der Waals surface area contributed by atoms with Gasteiger partial charge >= 0.3 is 0 Å². The van der Waals surface area contributed by atoms with E-state index >= 15 is 0 Å². The Labute approximate surface area is 146 Å². The molecular weight excluding hydrogens is 322 g/mol. The number of hydrogen-bond donors (Lipinski definition) is 0. The first-order valence-corrected chi connectivity index (χ1v) is 9.18. The van der Waals surface area contributed by atoms with Crippen LogP contribution in [0.1, 0.15) is 34.7 Å². The maximum atomic E-state index is 12.0. The van der Waals surface area contributed by atoms with E-state index in [0.717, 1.165) is 37.4 Å². The number of carbonyl (C=O) groups is 1. The van der Waals surface area contributed by atoms with Gasteiger partial charge in [-0.15, -0.1) is 11.3 Å². The van der Waals surface area contributed by atoms with Crippen molar-refractivity contribution >= 4 is 17.2 Å². The number of aromatic nitrogens is 3. The van der Waals surface area contributed by atoms with Crippen molar-refractivity contribution in [2.75, 3.05) is 27.2 Å². The van der Waals surface area contributed by atoms with Gasteiger partial charge in [0.2, 0.25) is 0 Å². The molecule has 0 spiro atoms. The lowest BCUT2D eigenvalue weighted by Crippen LogP contribution is -2.36. The fraction of sp³-hybridized carbons (Fsp3) is 0.529. The highest BCUT2D eigenvalue weighted by molar-refractivity contribution is 7.07. The monoisotopic (exact) mass is 345 g/mol. The van der Waals surface area contributed by atoms with Crippen LogP contribution < -0.4 is 0 Å². The van der Waals surface area contributed by atoms with E-state index < -0.39 is 0 Å². The number of piperidine rings is 1. The SMILES string of the molecule is CN(C)C(=O)c1cc(C[C@H]2CCCN(Cc3cscn3)C2)ncn1. The molecule has 0 aromatic carbocycles. The Kier molecular flexibility index (Phi) is 5.52. The van der Waals surface area contributed by atoms with Crippen LogP contribution >= 0.6 is 11.3 Å². The number of hydrogen-bond acceptors (Lipinski definition) is 6. The first-order chi connectivity index (χ1) is 11.6. The molecule has 1 amide bonds. The number of rotatable bonds is 5. The molecule has 0 radical (unpaired) electrons. The minimum Gasteiger partial charge on any atom is -0.343 e. The molecule has 3 heterocycles. The maximum Gasteiger partial charge on any atom is 0.272 e. The van der Waals surface area contributed by atoms with Crippen molar-refractivity contribution in [1.29, 1.82) is 0 Å². The first-order valence-electron chi connectivity index (χ1n) is 8.24. The molecule has 24 heavy (non-hydrogen) atoms. The molecule has 0 unspecified atom stereocenters. The fourth-order valence-corrected chi connectivity index (χ4v) is 3.71. The number of nitrogens with zero attached hydrogens (tertiary/aromatic N) is 5. The molecule has 128 valence electrons. The zero-order valence-electron chi connectivity index (χ0n) is 14.2. The predicted molar refractivity (Wildman–Crippen MR) is 93.9 cm³/mol. The van der Waals surface area contributed by atoms with Gasteiger partial charge in [0.15, 0.2) is 0 Å². The molecule has 1 saturated heterocycles. The molecule has 1 atom stereocenters. The van der Waals surface area contributed by atoms with Crippen molar-refractivity contribution in [3.63, 3.8) is 0 Å². The highest BCUT2D eigenvalue weighted by Gasteiger charge is 2.22. The molecule has 1 aliphatic rings. The van der Waals surface area contributed by atoms with Crippen molar-refractivity contribution in [2.24, 2.45) is 5.92 Å². The lowest BCUT2D eigenvalue weighted by Gasteiger charge is -2.32. The average molecular weight is 345 g/mol. The van der Waals surface area contributed by atoms with Crippen LogP contribution in [0.25, 0.3) is 0 Å². The molecule has 1 fully saturated rings. The molecular formula is C17H23N5OS. The number of thiazole rings is 1. The minimum absolute atomic E-state index is 0.0764. The van der Waals surface area contributed by atoms with Gasteiger partial charge in [-0.3, -0.25) is 9.69 Å². The van der Waals surface area contributed by atoms with Crippen LogP contribution in [0.5, 0.6) is 0 Å². The van der Waals surface area contributed by atoms with Crippen LogP contribution in [0.4, 0.5) is 0 Å². The molecule has 2 aromatic heterocycles. The van der Waals surface area contributed by atoms with Crippen LogP contribution in [-0.2, 0) is 13.0 Å². The standard InChI is InChI=1S/C17H23N5OS/c1-21(2)17(23)16-7-14(18-11-19-16)6-13-4-3-5-22(8-13)9-15-10-24-12-20-15/h7,10-13H,3-6,8-9H2,1-2H3/t13-/m1/s1. The van der Waals surface area contributed by atoms with Gasteiger partial charge in [-0.1, -0.05) is 0 Å². The molecule has 0 aliphatic carbocycles. The Balaban J connectivity index is 1.61. The van der Waals surface area contributed by atoms with E-state index in [9.17, 15) is 4.79 Å². The van der Waals surface area contributed by atoms with Gasteiger partial charge in [-0.25, -0.2) is 15.0 Å². The summed E-state index contributed by atoms with van der Waals surface area (Å²) in [5.74, 6) is 0.488. The maximum absolute atomic E-state index is 12.0. The van der Waals surface area contributed by atoms with E-state index in [0.29, 0.717) is 11.6 Å². The van der Waals surface area contributed by atoms with Crippen LogP contribution in [0.2, 0.25) is 0 Å². The Morgan fingerprint density at radius 1 is 1.33 bits per heavy atom. The molecule has 0 saturated carbocycles. The summed E-state index contributed by atoms with van der Waals surface area (Å²) < 4.78 is 0. The highest BCUT2D eigenvalue weighted by atomic mass is 32.1. The Morgan fingerprint density at radius 2 is 2.21 bits per heavy atom. The van der Waals surface area contributed by atoms with Crippen LogP contribution in [0.3, 0.4) is 0 Å². The third kappa shape index (κ3) is 4.36. The normalized spacial score (nSPS) is 18.5. The van der Waals surface area contributed by atoms with Crippen molar-refractivity contribution in [1.82, 2.24) is 24.8 Å². The summed E-state index contributed by atoms with van der Waals surface area (Å²) in [6.45, 7) is 3.11. The Bertz CT molecular complexity index is 673. The Hall–Kier alpha value is -1.86. The smallest absolute Gasteiger partial charge is 0.272 e. The number of carbonyl (C=O) groups excluding carboxylic acids is 1. The summed E-state index contributed by atoms with van der Waals surface area (Å²) in [6.07, 6.45) is 4.80. The largest absolute Gasteiger partial charge is 0.343 e. The molecule has 2 aromatic rings. The van der Waals surface area contributed by atoms with Gasteiger partial charge in [-0.2, -0.15) is 0 Å². The average Bonchev–Trinajstić information content (AvgIpc) is 3.07. The first kappa shape index (κ1) is 17.0. The lowest BCUT2D eigenvalue weighted by atomic mass is 9.93. The summed E-state index contributed by atoms with van der Waals surface area (Å²) in [7, 11) is 3.48. The molecule has 7 heteroatoms. The third-order valence-electron chi connectivity index (χ3n) is 4.32. The zero-order chi connectivity index (χ0) is 16.9. The van der Waals surface area contributed by atoms with Gasteiger partial charge in [0, 0.05) is 38.3 Å². The molecule has 1 aliphatic heterocycles. The topological polar surface area (TPSA) is 62.2 Å². The van der Waals surface area contributed by atoms with Crippen molar-refractivity contribution in [3.05, 3.63) is 40.4 Å². The third-order valence-corrected chi connectivity index (χ3v) is 4.95. The molecule has 3 rings (SSSR count). The summed E-state index contributed by atoms with van der Waals surface area (Å²) in [4.78, 5) is 28.9. The van der Waals surface area contributed by atoms with Gasteiger partial charge in [0.1, 0.15) is 12.0 Å². The quantitative estimate of drug-likeness (QED) is 0.830. The van der Waals surface area contributed by atoms with E-state index in [2.05, 4.69) is 25.2 Å².